The van der Waals surface area contributed by atoms with Crippen molar-refractivity contribution in [2.24, 2.45) is 5.92 Å². The first-order valence-electron chi connectivity index (χ1n) is 6.46. The molecule has 0 aromatic rings. The standard InChI is InChI=1S/C17H27N/c1-9-11-16(13-10-12-14(2)3)15(4)18(8)17(5,6)7/h1,10-11,13-14H,4,12H2,2-3,5-8H3/b13-10-,16-11+. The number of rotatable bonds is 5. The third-order valence-electron chi connectivity index (χ3n) is 2.89. The highest BCUT2D eigenvalue weighted by Gasteiger charge is 2.19. The summed E-state index contributed by atoms with van der Waals surface area (Å²) in [6, 6.07) is 0. The fraction of sp³-hybridized carbons (Fsp3) is 0.529. The smallest absolute Gasteiger partial charge is 0.0374 e. The molecule has 0 aliphatic heterocycles. The van der Waals surface area contributed by atoms with E-state index in [9.17, 15) is 0 Å². The predicted octanol–water partition coefficient (Wildman–Crippen LogP) is 4.39. The summed E-state index contributed by atoms with van der Waals surface area (Å²) >= 11 is 0. The van der Waals surface area contributed by atoms with Crippen LogP contribution in [0.4, 0.5) is 0 Å². The summed E-state index contributed by atoms with van der Waals surface area (Å²) in [6.45, 7) is 15.0. The minimum atomic E-state index is 0.0384. The van der Waals surface area contributed by atoms with E-state index in [1.165, 1.54) is 0 Å². The second-order valence-corrected chi connectivity index (χ2v) is 5.97. The maximum atomic E-state index is 5.39. The lowest BCUT2D eigenvalue weighted by Crippen LogP contribution is -2.37. The van der Waals surface area contributed by atoms with Crippen LogP contribution in [0.3, 0.4) is 0 Å². The molecule has 0 heterocycles. The van der Waals surface area contributed by atoms with Gasteiger partial charge in [-0.1, -0.05) is 38.5 Å². The van der Waals surface area contributed by atoms with E-state index < -0.39 is 0 Å². The lowest BCUT2D eigenvalue weighted by molar-refractivity contribution is 0.234. The molecule has 0 unspecified atom stereocenters. The van der Waals surface area contributed by atoms with Crippen LogP contribution in [0, 0.1) is 18.3 Å². The molecule has 0 amide bonds. The van der Waals surface area contributed by atoms with E-state index >= 15 is 0 Å². The van der Waals surface area contributed by atoms with Crippen LogP contribution in [-0.4, -0.2) is 17.5 Å². The molecule has 0 aromatic carbocycles. The number of hydrogen-bond acceptors (Lipinski definition) is 1. The van der Waals surface area contributed by atoms with Crippen molar-refractivity contribution in [3.63, 3.8) is 0 Å². The molecule has 0 bridgehead atoms. The average molecular weight is 245 g/mol. The first kappa shape index (κ1) is 16.6. The number of allylic oxidation sites excluding steroid dienone is 3. The molecule has 0 atom stereocenters. The monoisotopic (exact) mass is 245 g/mol. The second-order valence-electron chi connectivity index (χ2n) is 5.97. The van der Waals surface area contributed by atoms with Gasteiger partial charge in [-0.25, -0.2) is 0 Å². The zero-order valence-electron chi connectivity index (χ0n) is 12.7. The Bertz CT molecular complexity index is 369. The van der Waals surface area contributed by atoms with Crippen LogP contribution in [0.1, 0.15) is 41.0 Å². The van der Waals surface area contributed by atoms with Crippen LogP contribution in [0.25, 0.3) is 0 Å². The van der Waals surface area contributed by atoms with Crippen LogP contribution in [0.15, 0.2) is 36.1 Å². The third-order valence-corrected chi connectivity index (χ3v) is 2.89. The Labute approximate surface area is 113 Å². The van der Waals surface area contributed by atoms with Crippen LogP contribution < -0.4 is 0 Å². The largest absolute Gasteiger partial charge is 0.370 e. The van der Waals surface area contributed by atoms with Gasteiger partial charge < -0.3 is 4.90 Å². The van der Waals surface area contributed by atoms with Crippen LogP contribution in [0.5, 0.6) is 0 Å². The lowest BCUT2D eigenvalue weighted by atomic mass is 10.0. The molecule has 100 valence electrons. The molecule has 0 radical (unpaired) electrons. The summed E-state index contributed by atoms with van der Waals surface area (Å²) in [7, 11) is 2.04. The molecule has 1 heteroatoms. The second kappa shape index (κ2) is 7.11. The fourth-order valence-electron chi connectivity index (χ4n) is 1.38. The van der Waals surface area contributed by atoms with Crippen molar-refractivity contribution in [1.29, 1.82) is 0 Å². The molecule has 0 aliphatic rings. The summed E-state index contributed by atoms with van der Waals surface area (Å²) in [5.74, 6) is 3.25. The molecule has 1 nitrogen and oxygen atoms in total. The fourth-order valence-corrected chi connectivity index (χ4v) is 1.38. The molecular weight excluding hydrogens is 218 g/mol. The molecule has 0 aromatic heterocycles. The number of likely N-dealkylation sites (N-methyl/N-ethyl adjacent to an activating group) is 1. The average Bonchev–Trinajstić information content (AvgIpc) is 2.24. The predicted molar refractivity (Wildman–Crippen MR) is 82.2 cm³/mol. The number of nitrogens with zero attached hydrogens (tertiary/aromatic N) is 1. The maximum Gasteiger partial charge on any atom is 0.0374 e. The zero-order chi connectivity index (χ0) is 14.3. The van der Waals surface area contributed by atoms with Crippen molar-refractivity contribution < 1.29 is 0 Å². The third kappa shape index (κ3) is 5.77. The Balaban J connectivity index is 4.95. The van der Waals surface area contributed by atoms with Gasteiger partial charge >= 0.3 is 0 Å². The van der Waals surface area contributed by atoms with Crippen molar-refractivity contribution >= 4 is 0 Å². The normalized spacial score (nSPS) is 12.9. The van der Waals surface area contributed by atoms with Gasteiger partial charge in [-0.15, -0.1) is 6.42 Å². The molecule has 0 aliphatic carbocycles. The van der Waals surface area contributed by atoms with Crippen molar-refractivity contribution in [1.82, 2.24) is 4.90 Å². The van der Waals surface area contributed by atoms with Gasteiger partial charge in [0.05, 0.1) is 0 Å². The van der Waals surface area contributed by atoms with E-state index in [0.29, 0.717) is 5.92 Å². The summed E-state index contributed by atoms with van der Waals surface area (Å²) in [5, 5.41) is 0. The number of hydrogen-bond donors (Lipinski definition) is 0. The van der Waals surface area contributed by atoms with Gasteiger partial charge in [-0.2, -0.15) is 0 Å². The van der Waals surface area contributed by atoms with Crippen LogP contribution in [-0.2, 0) is 0 Å². The van der Waals surface area contributed by atoms with E-state index in [-0.39, 0.29) is 5.54 Å². The maximum absolute atomic E-state index is 5.39. The molecule has 0 N–H and O–H groups in total. The van der Waals surface area contributed by atoms with Gasteiger partial charge in [0.1, 0.15) is 0 Å². The van der Waals surface area contributed by atoms with Crippen LogP contribution in [0.2, 0.25) is 0 Å². The Morgan fingerprint density at radius 3 is 2.33 bits per heavy atom. The highest BCUT2D eigenvalue weighted by Crippen LogP contribution is 2.22. The van der Waals surface area contributed by atoms with Gasteiger partial charge in [0.15, 0.2) is 0 Å². The number of terminal acetylenes is 1. The van der Waals surface area contributed by atoms with Gasteiger partial charge in [0, 0.05) is 23.9 Å². The van der Waals surface area contributed by atoms with Crippen LogP contribution >= 0.6 is 0 Å². The topological polar surface area (TPSA) is 3.24 Å². The minimum Gasteiger partial charge on any atom is -0.370 e. The van der Waals surface area contributed by atoms with E-state index in [1.54, 1.807) is 6.08 Å². The van der Waals surface area contributed by atoms with Gasteiger partial charge in [-0.05, 0) is 39.2 Å². The van der Waals surface area contributed by atoms with Crippen molar-refractivity contribution in [3.8, 4) is 12.3 Å². The highest BCUT2D eigenvalue weighted by atomic mass is 15.2. The molecular formula is C17H27N. The molecule has 0 spiro atoms. The van der Waals surface area contributed by atoms with E-state index in [0.717, 1.165) is 17.7 Å². The Morgan fingerprint density at radius 1 is 1.39 bits per heavy atom. The first-order valence-corrected chi connectivity index (χ1v) is 6.46. The molecule has 0 fully saturated rings. The molecule has 0 rings (SSSR count). The Kier molecular flexibility index (Phi) is 6.55. The summed E-state index contributed by atoms with van der Waals surface area (Å²) < 4.78 is 0. The van der Waals surface area contributed by atoms with Crippen molar-refractivity contribution in [2.45, 2.75) is 46.6 Å². The first-order chi connectivity index (χ1) is 8.20. The zero-order valence-corrected chi connectivity index (χ0v) is 12.7. The molecule has 18 heavy (non-hydrogen) atoms. The highest BCUT2D eigenvalue weighted by molar-refractivity contribution is 5.41. The quantitative estimate of drug-likeness (QED) is 0.513. The molecule has 0 saturated heterocycles. The SMILES string of the molecule is C#C/C=C(\C=C/CC(C)C)C(=C)N(C)C(C)(C)C. The lowest BCUT2D eigenvalue weighted by Gasteiger charge is -2.35. The van der Waals surface area contributed by atoms with Crippen molar-refractivity contribution in [3.05, 3.63) is 36.1 Å². The Morgan fingerprint density at radius 2 is 1.94 bits per heavy atom. The van der Waals surface area contributed by atoms with Gasteiger partial charge in [0.25, 0.3) is 0 Å². The van der Waals surface area contributed by atoms with Crippen molar-refractivity contribution in [2.75, 3.05) is 7.05 Å². The minimum absolute atomic E-state index is 0.0384. The summed E-state index contributed by atoms with van der Waals surface area (Å²) in [4.78, 5) is 2.15. The van der Waals surface area contributed by atoms with E-state index in [2.05, 4.69) is 64.2 Å². The van der Waals surface area contributed by atoms with Gasteiger partial charge in [0.2, 0.25) is 0 Å². The van der Waals surface area contributed by atoms with E-state index in [4.69, 9.17) is 6.42 Å². The molecule has 0 saturated carbocycles. The Hall–Kier alpha value is -1.42. The summed E-state index contributed by atoms with van der Waals surface area (Å²) in [5.41, 5.74) is 2.01. The van der Waals surface area contributed by atoms with E-state index in [1.807, 2.05) is 7.05 Å². The van der Waals surface area contributed by atoms with Gasteiger partial charge in [-0.3, -0.25) is 0 Å². The summed E-state index contributed by atoms with van der Waals surface area (Å²) in [6.07, 6.45) is 12.5.